The number of benzene rings is 3. The highest BCUT2D eigenvalue weighted by Gasteiger charge is 2.29. The molecule has 1 heterocycles. The van der Waals surface area contributed by atoms with E-state index in [2.05, 4.69) is 10.0 Å². The van der Waals surface area contributed by atoms with Crippen molar-refractivity contribution in [2.24, 2.45) is 0 Å². The van der Waals surface area contributed by atoms with Crippen LogP contribution >= 0.6 is 0 Å². The third-order valence-electron chi connectivity index (χ3n) is 6.37. The van der Waals surface area contributed by atoms with Gasteiger partial charge >= 0.3 is 6.03 Å². The predicted molar refractivity (Wildman–Crippen MR) is 151 cm³/mol. The SMILES string of the molecule is CCN(C(=O)[C@H](Cc1ccccc1)NC(=O)NS(=O)(=O)c1cc(-c2ccoc2)ccc1C)c1ccc(C)cc1. The molecule has 8 nitrogen and oxygen atoms in total. The molecule has 39 heavy (non-hydrogen) atoms. The summed E-state index contributed by atoms with van der Waals surface area (Å²) in [4.78, 5) is 28.3. The summed E-state index contributed by atoms with van der Waals surface area (Å²) in [7, 11) is -4.25. The molecule has 9 heteroatoms. The van der Waals surface area contributed by atoms with Crippen LogP contribution in [-0.2, 0) is 21.2 Å². The van der Waals surface area contributed by atoms with Crippen molar-refractivity contribution in [3.63, 3.8) is 0 Å². The van der Waals surface area contributed by atoms with Crippen LogP contribution in [0.4, 0.5) is 10.5 Å². The first-order chi connectivity index (χ1) is 18.7. The molecule has 0 unspecified atom stereocenters. The van der Waals surface area contributed by atoms with Gasteiger partial charge in [-0.15, -0.1) is 0 Å². The van der Waals surface area contributed by atoms with Crippen LogP contribution in [0.1, 0.15) is 23.6 Å². The van der Waals surface area contributed by atoms with Gasteiger partial charge in [0.1, 0.15) is 6.04 Å². The molecule has 1 aromatic heterocycles. The fourth-order valence-electron chi connectivity index (χ4n) is 4.29. The number of carbonyl (C=O) groups is 2. The molecule has 1 atom stereocenters. The summed E-state index contributed by atoms with van der Waals surface area (Å²) in [5, 5.41) is 2.61. The minimum Gasteiger partial charge on any atom is -0.472 e. The second-order valence-corrected chi connectivity index (χ2v) is 10.9. The van der Waals surface area contributed by atoms with Gasteiger partial charge in [-0.25, -0.2) is 17.9 Å². The molecule has 0 aliphatic heterocycles. The molecule has 3 aromatic carbocycles. The topological polar surface area (TPSA) is 109 Å². The van der Waals surface area contributed by atoms with E-state index in [-0.39, 0.29) is 17.2 Å². The zero-order valence-corrected chi connectivity index (χ0v) is 22.9. The molecule has 0 spiro atoms. The predicted octanol–water partition coefficient (Wildman–Crippen LogP) is 5.22. The number of amides is 3. The lowest BCUT2D eigenvalue weighted by Gasteiger charge is -2.27. The average Bonchev–Trinajstić information content (AvgIpc) is 3.45. The Bertz CT molecular complexity index is 1530. The van der Waals surface area contributed by atoms with Gasteiger partial charge in [0, 0.05) is 24.2 Å². The van der Waals surface area contributed by atoms with E-state index in [9.17, 15) is 18.0 Å². The number of nitrogens with zero attached hydrogens (tertiary/aromatic N) is 1. The number of likely N-dealkylation sites (N-methyl/N-ethyl adjacent to an activating group) is 1. The minimum atomic E-state index is -4.25. The largest absolute Gasteiger partial charge is 0.472 e. The highest BCUT2D eigenvalue weighted by Crippen LogP contribution is 2.25. The molecule has 0 aliphatic rings. The van der Waals surface area contributed by atoms with Crippen molar-refractivity contribution in [1.29, 1.82) is 0 Å². The second-order valence-electron chi connectivity index (χ2n) is 9.23. The molecule has 3 amide bonds. The van der Waals surface area contributed by atoms with Gasteiger partial charge in [0.05, 0.1) is 17.4 Å². The fourth-order valence-corrected chi connectivity index (χ4v) is 5.48. The molecule has 2 N–H and O–H groups in total. The Hall–Kier alpha value is -4.37. The zero-order chi connectivity index (χ0) is 28.0. The number of anilines is 1. The van der Waals surface area contributed by atoms with E-state index in [1.807, 2.05) is 68.4 Å². The van der Waals surface area contributed by atoms with Crippen LogP contribution in [0.3, 0.4) is 0 Å². The second kappa shape index (κ2) is 12.0. The lowest BCUT2D eigenvalue weighted by atomic mass is 10.0. The number of furan rings is 1. The molecule has 0 saturated carbocycles. The molecule has 4 rings (SSSR count). The summed E-state index contributed by atoms with van der Waals surface area (Å²) in [6.45, 7) is 5.82. The van der Waals surface area contributed by atoms with Crippen molar-refractivity contribution in [2.75, 3.05) is 11.4 Å². The first-order valence-electron chi connectivity index (χ1n) is 12.6. The Labute approximate surface area is 228 Å². The fraction of sp³-hybridized carbons (Fsp3) is 0.200. The van der Waals surface area contributed by atoms with Crippen LogP contribution in [0, 0.1) is 13.8 Å². The number of sulfonamides is 1. The van der Waals surface area contributed by atoms with Crippen LogP contribution < -0.4 is 14.9 Å². The van der Waals surface area contributed by atoms with Gasteiger partial charge in [0.25, 0.3) is 10.0 Å². The van der Waals surface area contributed by atoms with E-state index in [1.165, 1.54) is 18.6 Å². The molecular formula is C30H31N3O5S. The normalized spacial score (nSPS) is 12.0. The van der Waals surface area contributed by atoms with Gasteiger partial charge in [0.15, 0.2) is 0 Å². The Morgan fingerprint density at radius 3 is 2.28 bits per heavy atom. The van der Waals surface area contributed by atoms with Crippen LogP contribution in [0.5, 0.6) is 0 Å². The summed E-state index contributed by atoms with van der Waals surface area (Å²) < 4.78 is 33.7. The van der Waals surface area contributed by atoms with Crippen LogP contribution in [0.2, 0.25) is 0 Å². The van der Waals surface area contributed by atoms with Crippen LogP contribution in [-0.4, -0.2) is 32.9 Å². The Morgan fingerprint density at radius 2 is 1.64 bits per heavy atom. The van der Waals surface area contributed by atoms with Gasteiger partial charge in [0.2, 0.25) is 5.91 Å². The third kappa shape index (κ3) is 6.74. The maximum atomic E-state index is 13.7. The van der Waals surface area contributed by atoms with E-state index in [0.717, 1.165) is 11.1 Å². The Morgan fingerprint density at radius 1 is 0.923 bits per heavy atom. The van der Waals surface area contributed by atoms with E-state index in [4.69, 9.17) is 4.42 Å². The molecule has 0 radical (unpaired) electrons. The number of carbonyl (C=O) groups excluding carboxylic acids is 2. The monoisotopic (exact) mass is 545 g/mol. The van der Waals surface area contributed by atoms with Crippen molar-refractivity contribution in [3.05, 3.63) is 108 Å². The summed E-state index contributed by atoms with van der Waals surface area (Å²) in [6.07, 6.45) is 3.19. The van der Waals surface area contributed by atoms with Crippen LogP contribution in [0.15, 0.2) is 101 Å². The lowest BCUT2D eigenvalue weighted by molar-refractivity contribution is -0.120. The molecule has 0 saturated heterocycles. The number of hydrogen-bond donors (Lipinski definition) is 2. The lowest BCUT2D eigenvalue weighted by Crippen LogP contribution is -2.53. The molecule has 0 fully saturated rings. The van der Waals surface area contributed by atoms with Crippen molar-refractivity contribution >= 4 is 27.6 Å². The maximum absolute atomic E-state index is 13.7. The highest BCUT2D eigenvalue weighted by atomic mass is 32.2. The minimum absolute atomic E-state index is 0.0443. The number of aryl methyl sites for hydroxylation is 2. The van der Waals surface area contributed by atoms with E-state index in [0.29, 0.717) is 28.9 Å². The summed E-state index contributed by atoms with van der Waals surface area (Å²) >= 11 is 0. The van der Waals surface area contributed by atoms with Crippen molar-refractivity contribution in [1.82, 2.24) is 10.0 Å². The first-order valence-corrected chi connectivity index (χ1v) is 14.0. The third-order valence-corrected chi connectivity index (χ3v) is 7.85. The summed E-state index contributed by atoms with van der Waals surface area (Å²) in [5.74, 6) is -0.351. The van der Waals surface area contributed by atoms with E-state index >= 15 is 0 Å². The number of urea groups is 1. The van der Waals surface area contributed by atoms with Crippen LogP contribution in [0.25, 0.3) is 11.1 Å². The molecule has 0 bridgehead atoms. The number of rotatable bonds is 9. The zero-order valence-electron chi connectivity index (χ0n) is 22.0. The number of nitrogens with one attached hydrogen (secondary N) is 2. The van der Waals surface area contributed by atoms with E-state index in [1.54, 1.807) is 30.0 Å². The standard InChI is InChI=1S/C30H31N3O5S/c1-4-33(26-14-10-21(2)11-15-26)29(34)27(18-23-8-6-5-7-9-23)31-30(35)32-39(36,37)28-19-24(13-12-22(28)3)25-16-17-38-20-25/h5-17,19-20,27H,4,18H2,1-3H3,(H2,31,32,35)/t27-/m0/s1. The first kappa shape index (κ1) is 27.7. The van der Waals surface area contributed by atoms with Gasteiger partial charge in [-0.05, 0) is 61.7 Å². The molecule has 0 aliphatic carbocycles. The molecule has 4 aromatic rings. The molecule has 202 valence electrons. The highest BCUT2D eigenvalue weighted by molar-refractivity contribution is 7.90. The van der Waals surface area contributed by atoms with Crippen molar-refractivity contribution in [3.8, 4) is 11.1 Å². The summed E-state index contributed by atoms with van der Waals surface area (Å²) in [6, 6.07) is 21.4. The Balaban J connectivity index is 1.58. The average molecular weight is 546 g/mol. The summed E-state index contributed by atoms with van der Waals surface area (Å²) in [5.41, 5.74) is 4.37. The smallest absolute Gasteiger partial charge is 0.329 e. The van der Waals surface area contributed by atoms with Gasteiger partial charge in [-0.3, -0.25) is 4.79 Å². The van der Waals surface area contributed by atoms with Crippen molar-refractivity contribution < 1.29 is 22.4 Å². The van der Waals surface area contributed by atoms with Gasteiger partial charge < -0.3 is 14.6 Å². The Kier molecular flexibility index (Phi) is 8.51. The molecular weight excluding hydrogens is 514 g/mol. The maximum Gasteiger partial charge on any atom is 0.329 e. The van der Waals surface area contributed by atoms with Crippen molar-refractivity contribution in [2.45, 2.75) is 38.1 Å². The van der Waals surface area contributed by atoms with E-state index < -0.39 is 22.1 Å². The van der Waals surface area contributed by atoms with Gasteiger partial charge in [-0.2, -0.15) is 0 Å². The van der Waals surface area contributed by atoms with Gasteiger partial charge in [-0.1, -0.05) is 60.2 Å². The quantitative estimate of drug-likeness (QED) is 0.300. The number of hydrogen-bond acceptors (Lipinski definition) is 5.